The van der Waals surface area contributed by atoms with E-state index in [0.717, 1.165) is 135 Å². The number of hydrogen-bond donors (Lipinski definition) is 5. The van der Waals surface area contributed by atoms with Crippen LogP contribution in [0.5, 0.6) is 0 Å². The summed E-state index contributed by atoms with van der Waals surface area (Å²) in [5, 5.41) is 31.8. The number of aromatic carboxylic acids is 1. The monoisotopic (exact) mass is 1350 g/mol. The van der Waals surface area contributed by atoms with E-state index < -0.39 is 11.9 Å². The van der Waals surface area contributed by atoms with Gasteiger partial charge in [0.25, 0.3) is 17.7 Å². The number of ketones is 1. The average Bonchev–Trinajstić information content (AvgIpc) is 1.63. The van der Waals surface area contributed by atoms with E-state index in [2.05, 4.69) is 101 Å². The first-order valence-corrected chi connectivity index (χ1v) is 34.5. The Labute approximate surface area is 576 Å². The van der Waals surface area contributed by atoms with Gasteiger partial charge in [0.1, 0.15) is 17.1 Å². The third-order valence-corrected chi connectivity index (χ3v) is 18.3. The van der Waals surface area contributed by atoms with Gasteiger partial charge in [-0.15, -0.1) is 19.7 Å². The van der Waals surface area contributed by atoms with Crippen molar-refractivity contribution in [2.75, 3.05) is 69.9 Å². The number of nitrogens with zero attached hydrogens (tertiary/aromatic N) is 15. The van der Waals surface area contributed by atoms with Crippen LogP contribution in [0.15, 0.2) is 92.6 Å². The summed E-state index contributed by atoms with van der Waals surface area (Å²) in [7, 11) is 0. The number of carbonyl (C=O) groups excluding carboxylic acids is 5. The van der Waals surface area contributed by atoms with Crippen molar-refractivity contribution in [1.82, 2.24) is 58.0 Å². The van der Waals surface area contributed by atoms with E-state index in [1.807, 2.05) is 82.5 Å². The van der Waals surface area contributed by atoms with Crippen LogP contribution in [0.25, 0.3) is 33.1 Å². The van der Waals surface area contributed by atoms with Gasteiger partial charge in [-0.05, 0) is 142 Å². The number of carboxylic acid groups (broad SMARTS) is 1. The number of Topliss-reactive ketones (excluding diaryl/α,β-unsaturated/α-hetero) is 1. The Bertz CT molecular complexity index is 4120. The molecule has 6 N–H and O–H groups in total. The number of rotatable bonds is 27. The molecule has 6 aromatic heterocycles. The van der Waals surface area contributed by atoms with Crippen LogP contribution >= 0.6 is 0 Å². The van der Waals surface area contributed by atoms with E-state index in [9.17, 15) is 33.9 Å². The summed E-state index contributed by atoms with van der Waals surface area (Å²) in [4.78, 5) is 96.6. The normalized spacial score (nSPS) is 15.1. The molecule has 0 unspecified atom stereocenters. The summed E-state index contributed by atoms with van der Waals surface area (Å²) in [6.07, 6.45) is 14.1. The first-order chi connectivity index (χ1) is 47.6. The van der Waals surface area contributed by atoms with Gasteiger partial charge in [0, 0.05) is 70.0 Å². The number of aryl methyl sites for hydroxylation is 6. The standard InChI is InChI=1S/C25H32N6O2.C24H31N7O2.C24H30N6O3/c1-6-9-11-29-15-19(10-7-2)31-23-20(13-18(17(5)32)14-21(23)29)26-25(31)27-24(33)22-12-16(4)28-30(22)8-3;1-5-8-10-29-14-17(9-6-2)31-21-18(12-16(22(25)32)13-19(21)29)26-24(31)27-23(33)20-11-15(4)28-30(20)7-3;1-5-8-10-28-14-17(9-6-2)30-21-18(12-16(23(32)33)13-19(21)28)25-24(30)26-22(31)20-11-15(4)27-29(20)7-3/h7,12-14,19H,2,6,8-11,15H2,1,3-5H3,(H,26,27,33);6,11-13,17H,2,5,7-10,14H2,1,3-4H3,(H2,25,32)(H,26,27,33);6,11-13,17H,2,5,7-10,14H2,1,3-4H3,(H,32,33)(H,25,26,31)/t19-;2*17-/m000/s1. The van der Waals surface area contributed by atoms with Gasteiger partial charge >= 0.3 is 5.97 Å². The van der Waals surface area contributed by atoms with E-state index in [4.69, 9.17) is 15.7 Å². The number of hydrogen-bond acceptors (Lipinski definition) is 15. The summed E-state index contributed by atoms with van der Waals surface area (Å²) in [6.45, 7) is 37.8. The smallest absolute Gasteiger partial charge is 0.335 e. The molecule has 99 heavy (non-hydrogen) atoms. The highest BCUT2D eigenvalue weighted by Crippen LogP contribution is 2.43. The molecule has 0 saturated heterocycles. The fourth-order valence-electron chi connectivity index (χ4n) is 13.7. The molecule has 522 valence electrons. The Morgan fingerprint density at radius 1 is 0.485 bits per heavy atom. The second-order valence-corrected chi connectivity index (χ2v) is 25.5. The van der Waals surface area contributed by atoms with Crippen LogP contribution in [-0.4, -0.2) is 138 Å². The van der Waals surface area contributed by atoms with Gasteiger partial charge in [-0.2, -0.15) is 15.3 Å². The quantitative estimate of drug-likeness (QED) is 0.0236. The molecule has 0 radical (unpaired) electrons. The second-order valence-electron chi connectivity index (χ2n) is 25.5. The maximum atomic E-state index is 13.2. The summed E-state index contributed by atoms with van der Waals surface area (Å²) in [5.41, 5.74) is 17.9. The number of carbonyl (C=O) groups is 6. The number of amides is 4. The average molecular weight is 1350 g/mol. The third kappa shape index (κ3) is 14.7. The Balaban J connectivity index is 0.000000161. The van der Waals surface area contributed by atoms with Crippen molar-refractivity contribution in [1.29, 1.82) is 0 Å². The van der Waals surface area contributed by atoms with Crippen molar-refractivity contribution in [3.8, 4) is 0 Å². The highest BCUT2D eigenvalue weighted by molar-refractivity contribution is 6.08. The molecule has 3 aliphatic heterocycles. The Morgan fingerprint density at radius 2 is 0.788 bits per heavy atom. The number of anilines is 6. The first-order valence-electron chi connectivity index (χ1n) is 34.5. The topological polar surface area (TPSA) is 301 Å². The lowest BCUT2D eigenvalue weighted by Crippen LogP contribution is -2.36. The van der Waals surface area contributed by atoms with Crippen LogP contribution in [0.1, 0.15) is 204 Å². The molecule has 3 aliphatic rings. The number of aromatic nitrogens is 12. The minimum atomic E-state index is -1.00. The molecular weight excluding hydrogens is 1250 g/mol. The predicted octanol–water partition coefficient (Wildman–Crippen LogP) is 12.7. The van der Waals surface area contributed by atoms with Gasteiger partial charge in [-0.3, -0.25) is 54.0 Å². The molecular formula is C73H93N19O7. The minimum Gasteiger partial charge on any atom is -0.478 e. The molecule has 26 nitrogen and oxygen atoms in total. The Hall–Kier alpha value is -10.7. The molecule has 3 atom stereocenters. The molecule has 0 aliphatic carbocycles. The van der Waals surface area contributed by atoms with Crippen LogP contribution in [-0.2, 0) is 19.6 Å². The number of nitrogens with one attached hydrogen (secondary N) is 3. The zero-order chi connectivity index (χ0) is 71.1. The molecule has 26 heteroatoms. The maximum absolute atomic E-state index is 13.2. The molecule has 4 amide bonds. The van der Waals surface area contributed by atoms with Gasteiger partial charge in [-0.1, -0.05) is 58.3 Å². The van der Waals surface area contributed by atoms with Crippen LogP contribution in [0.2, 0.25) is 0 Å². The summed E-state index contributed by atoms with van der Waals surface area (Å²) >= 11 is 0. The van der Waals surface area contributed by atoms with Crippen molar-refractivity contribution in [3.63, 3.8) is 0 Å². The fraction of sp³-hybridized carbons (Fsp3) is 0.425. The summed E-state index contributed by atoms with van der Waals surface area (Å²) in [6, 6.07) is 16.0. The van der Waals surface area contributed by atoms with Crippen LogP contribution in [0, 0.1) is 20.8 Å². The molecule has 9 heterocycles. The third-order valence-electron chi connectivity index (χ3n) is 18.3. The molecule has 12 rings (SSSR count). The number of carboxylic acids is 1. The first kappa shape index (κ1) is 71.1. The molecule has 0 spiro atoms. The van der Waals surface area contributed by atoms with Crippen molar-refractivity contribution in [2.45, 2.75) is 165 Å². The predicted molar refractivity (Wildman–Crippen MR) is 389 cm³/mol. The molecule has 0 fully saturated rings. The highest BCUT2D eigenvalue weighted by atomic mass is 16.4. The largest absolute Gasteiger partial charge is 0.478 e. The molecule has 3 aromatic carbocycles. The van der Waals surface area contributed by atoms with Crippen molar-refractivity contribution < 1.29 is 33.9 Å². The maximum Gasteiger partial charge on any atom is 0.335 e. The SMILES string of the molecule is C=CC[C@H]1CN(CCCC)c2cc(C(=O)O)cc3nc(NC(=O)c4cc(C)nn4CC)n1c23.C=CC[C@H]1CN(CCCC)c2cc(C(C)=O)cc3nc(NC(=O)c4cc(C)nn4CC)n1c23.C=CC[C@H]1CN(CCCC)c2cc(C(N)=O)cc3nc(NC(=O)c4cc(C)nn4CC)n1c23. The van der Waals surface area contributed by atoms with Gasteiger partial charge in [0.05, 0.1) is 90.9 Å². The summed E-state index contributed by atoms with van der Waals surface area (Å²) < 4.78 is 11.2. The van der Waals surface area contributed by atoms with Gasteiger partial charge in [-0.25, -0.2) is 19.7 Å². The zero-order valence-electron chi connectivity index (χ0n) is 58.7. The number of benzene rings is 3. The van der Waals surface area contributed by atoms with Crippen LogP contribution < -0.4 is 36.4 Å². The van der Waals surface area contributed by atoms with Gasteiger partial charge < -0.3 is 39.2 Å². The molecule has 9 aromatic rings. The molecule has 0 saturated carbocycles. The van der Waals surface area contributed by atoms with E-state index in [0.29, 0.717) is 95.2 Å². The zero-order valence-corrected chi connectivity index (χ0v) is 58.7. The number of unbranched alkanes of at least 4 members (excludes halogenated alkanes) is 3. The van der Waals surface area contributed by atoms with Crippen molar-refractivity contribution in [2.24, 2.45) is 5.73 Å². The Morgan fingerprint density at radius 3 is 1.07 bits per heavy atom. The minimum absolute atomic E-state index is 0.000681. The number of allylic oxidation sites excluding steroid dienone is 3. The number of primary amides is 1. The van der Waals surface area contributed by atoms with Gasteiger partial charge in [0.2, 0.25) is 23.8 Å². The van der Waals surface area contributed by atoms with Crippen LogP contribution in [0.3, 0.4) is 0 Å². The van der Waals surface area contributed by atoms with Gasteiger partial charge in [0.15, 0.2) is 5.78 Å². The molecule has 0 bridgehead atoms. The number of imidazole rings is 3. The van der Waals surface area contributed by atoms with E-state index in [-0.39, 0.29) is 47.2 Å². The summed E-state index contributed by atoms with van der Waals surface area (Å²) in [5.74, 6) is -0.980. The van der Waals surface area contributed by atoms with Crippen molar-refractivity contribution >= 4 is 103 Å². The van der Waals surface area contributed by atoms with E-state index in [1.165, 1.54) is 0 Å². The second kappa shape index (κ2) is 30.8. The number of nitrogens with two attached hydrogens (primary N) is 1. The van der Waals surface area contributed by atoms with E-state index in [1.54, 1.807) is 57.4 Å². The highest BCUT2D eigenvalue weighted by Gasteiger charge is 2.35. The lowest BCUT2D eigenvalue weighted by molar-refractivity contribution is 0.0695. The van der Waals surface area contributed by atoms with Crippen molar-refractivity contribution in [3.05, 3.63) is 143 Å². The van der Waals surface area contributed by atoms with E-state index >= 15 is 0 Å². The van der Waals surface area contributed by atoms with Crippen LogP contribution in [0.4, 0.5) is 34.9 Å². The lowest BCUT2D eigenvalue weighted by Gasteiger charge is -2.36. The Kier molecular flexibility index (Phi) is 22.1. The lowest BCUT2D eigenvalue weighted by atomic mass is 10.0. The fourth-order valence-corrected chi connectivity index (χ4v) is 13.7.